The number of hydrogen-bond donors (Lipinski definition) is 1. The van der Waals surface area contributed by atoms with Gasteiger partial charge in [0.25, 0.3) is 5.56 Å². The number of ether oxygens (including phenoxy) is 1. The fraction of sp³-hybridized carbons (Fsp3) is 0.158. The highest BCUT2D eigenvalue weighted by molar-refractivity contribution is 7.98. The fourth-order valence-corrected chi connectivity index (χ4v) is 2.96. The molecule has 0 bridgehead atoms. The van der Waals surface area contributed by atoms with Crippen molar-refractivity contribution in [2.45, 2.75) is 18.2 Å². The molecule has 2 aromatic carbocycles. The lowest BCUT2D eigenvalue weighted by Gasteiger charge is -2.08. The normalized spacial score (nSPS) is 10.6. The zero-order chi connectivity index (χ0) is 17.6. The lowest BCUT2D eigenvalue weighted by atomic mass is 10.1. The topological polar surface area (TPSA) is 55.0 Å². The molecule has 3 aromatic rings. The van der Waals surface area contributed by atoms with Gasteiger partial charge in [0.05, 0.1) is 0 Å². The third kappa shape index (κ3) is 4.87. The Bertz CT molecular complexity index is 927. The van der Waals surface area contributed by atoms with E-state index in [-0.39, 0.29) is 5.56 Å². The number of hydrogen-bond acceptors (Lipinski definition) is 4. The number of aromatic nitrogens is 2. The van der Waals surface area contributed by atoms with E-state index < -0.39 is 0 Å². The molecule has 4 nitrogen and oxygen atoms in total. The summed E-state index contributed by atoms with van der Waals surface area (Å²) in [6.07, 6.45) is 4.01. The molecule has 1 N–H and O–H groups in total. The van der Waals surface area contributed by atoms with Crippen molar-refractivity contribution in [3.63, 3.8) is 0 Å². The standard InChI is InChI=1S/C19H17ClN2O2S/c1-25-19-21-11-15(18(23)22-19)8-13-4-3-7-17(10-13)24-12-14-5-2-6-16(20)9-14/h2-7,9-11H,8,12H2,1H3,(H,21,22,23). The van der Waals surface area contributed by atoms with Gasteiger partial charge in [-0.05, 0) is 41.6 Å². The molecule has 0 radical (unpaired) electrons. The number of H-pyrrole nitrogens is 1. The van der Waals surface area contributed by atoms with Crippen molar-refractivity contribution in [2.75, 3.05) is 6.26 Å². The Morgan fingerprint density at radius 1 is 1.16 bits per heavy atom. The monoisotopic (exact) mass is 372 g/mol. The largest absolute Gasteiger partial charge is 0.489 e. The summed E-state index contributed by atoms with van der Waals surface area (Å²) in [6, 6.07) is 15.3. The van der Waals surface area contributed by atoms with Crippen molar-refractivity contribution in [1.29, 1.82) is 0 Å². The van der Waals surface area contributed by atoms with E-state index in [0.29, 0.717) is 28.8 Å². The van der Waals surface area contributed by atoms with E-state index in [0.717, 1.165) is 16.9 Å². The van der Waals surface area contributed by atoms with E-state index in [2.05, 4.69) is 9.97 Å². The summed E-state index contributed by atoms with van der Waals surface area (Å²) < 4.78 is 5.83. The minimum Gasteiger partial charge on any atom is -0.489 e. The molecule has 1 aromatic heterocycles. The SMILES string of the molecule is CSc1ncc(Cc2cccc(OCc3cccc(Cl)c3)c2)c(=O)[nH]1. The van der Waals surface area contributed by atoms with Crippen LogP contribution in [0.15, 0.2) is 64.7 Å². The van der Waals surface area contributed by atoms with Gasteiger partial charge in [-0.15, -0.1) is 0 Å². The Morgan fingerprint density at radius 2 is 1.96 bits per heavy atom. The third-order valence-electron chi connectivity index (χ3n) is 3.63. The van der Waals surface area contributed by atoms with E-state index in [1.54, 1.807) is 6.20 Å². The lowest BCUT2D eigenvalue weighted by molar-refractivity contribution is 0.306. The number of nitrogens with one attached hydrogen (secondary N) is 1. The van der Waals surface area contributed by atoms with Crippen molar-refractivity contribution in [1.82, 2.24) is 9.97 Å². The highest BCUT2D eigenvalue weighted by Crippen LogP contribution is 2.18. The van der Waals surface area contributed by atoms with Gasteiger partial charge >= 0.3 is 0 Å². The first-order valence-corrected chi connectivity index (χ1v) is 9.32. The van der Waals surface area contributed by atoms with Gasteiger partial charge in [-0.25, -0.2) is 4.98 Å². The molecular formula is C19H17ClN2O2S. The molecule has 0 aliphatic heterocycles. The summed E-state index contributed by atoms with van der Waals surface area (Å²) in [5.41, 5.74) is 2.52. The fourth-order valence-electron chi connectivity index (χ4n) is 2.39. The van der Waals surface area contributed by atoms with E-state index in [1.807, 2.05) is 54.8 Å². The van der Waals surface area contributed by atoms with Crippen LogP contribution in [0.3, 0.4) is 0 Å². The van der Waals surface area contributed by atoms with Crippen molar-refractivity contribution in [3.8, 4) is 5.75 Å². The van der Waals surface area contributed by atoms with Gasteiger partial charge in [0.2, 0.25) is 0 Å². The molecule has 0 saturated heterocycles. The maximum absolute atomic E-state index is 12.1. The number of benzene rings is 2. The minimum atomic E-state index is -0.107. The van der Waals surface area contributed by atoms with E-state index in [4.69, 9.17) is 16.3 Å². The second-order valence-electron chi connectivity index (χ2n) is 5.49. The molecule has 0 spiro atoms. The molecule has 6 heteroatoms. The summed E-state index contributed by atoms with van der Waals surface area (Å²) >= 11 is 7.39. The first-order valence-electron chi connectivity index (χ1n) is 7.72. The average molecular weight is 373 g/mol. The van der Waals surface area contributed by atoms with E-state index in [1.165, 1.54) is 11.8 Å². The van der Waals surface area contributed by atoms with Gasteiger partial charge in [-0.1, -0.05) is 47.6 Å². The Balaban J connectivity index is 1.70. The summed E-state index contributed by atoms with van der Waals surface area (Å²) in [4.78, 5) is 19.1. The van der Waals surface area contributed by atoms with E-state index in [9.17, 15) is 4.79 Å². The zero-order valence-corrected chi connectivity index (χ0v) is 15.2. The van der Waals surface area contributed by atoms with Gasteiger partial charge in [0.15, 0.2) is 5.16 Å². The molecule has 0 saturated carbocycles. The minimum absolute atomic E-state index is 0.107. The van der Waals surface area contributed by atoms with Gasteiger partial charge in [0, 0.05) is 23.2 Å². The second kappa shape index (κ2) is 8.23. The van der Waals surface area contributed by atoms with Crippen LogP contribution in [0, 0.1) is 0 Å². The molecule has 128 valence electrons. The first-order chi connectivity index (χ1) is 12.1. The van der Waals surface area contributed by atoms with Crippen LogP contribution in [-0.4, -0.2) is 16.2 Å². The molecule has 0 atom stereocenters. The van der Waals surface area contributed by atoms with Crippen LogP contribution < -0.4 is 10.3 Å². The highest BCUT2D eigenvalue weighted by atomic mass is 35.5. The molecule has 3 rings (SSSR count). The second-order valence-corrected chi connectivity index (χ2v) is 6.72. The van der Waals surface area contributed by atoms with Crippen molar-refractivity contribution >= 4 is 23.4 Å². The van der Waals surface area contributed by atoms with Gasteiger partial charge in [-0.2, -0.15) is 0 Å². The predicted molar refractivity (Wildman–Crippen MR) is 102 cm³/mol. The molecular weight excluding hydrogens is 356 g/mol. The van der Waals surface area contributed by atoms with Gasteiger partial charge < -0.3 is 9.72 Å². The van der Waals surface area contributed by atoms with Crippen LogP contribution >= 0.6 is 23.4 Å². The maximum atomic E-state index is 12.1. The van der Waals surface area contributed by atoms with E-state index >= 15 is 0 Å². The molecule has 25 heavy (non-hydrogen) atoms. The smallest absolute Gasteiger partial charge is 0.255 e. The molecule has 0 aliphatic carbocycles. The third-order valence-corrected chi connectivity index (χ3v) is 4.46. The molecule has 1 heterocycles. The molecule has 0 fully saturated rings. The number of halogens is 1. The lowest BCUT2D eigenvalue weighted by Crippen LogP contribution is -2.14. The summed E-state index contributed by atoms with van der Waals surface area (Å²) in [5.74, 6) is 0.752. The van der Waals surface area contributed by atoms with Crippen LogP contribution in [0.2, 0.25) is 5.02 Å². The summed E-state index contributed by atoms with van der Waals surface area (Å²) in [5, 5.41) is 1.31. The van der Waals surface area contributed by atoms with Crippen LogP contribution in [0.5, 0.6) is 5.75 Å². The van der Waals surface area contributed by atoms with Crippen LogP contribution in [0.1, 0.15) is 16.7 Å². The number of thioether (sulfide) groups is 1. The average Bonchev–Trinajstić information content (AvgIpc) is 2.62. The maximum Gasteiger partial charge on any atom is 0.255 e. The Hall–Kier alpha value is -2.24. The predicted octanol–water partition coefficient (Wildman–Crippen LogP) is 4.32. The van der Waals surface area contributed by atoms with Crippen LogP contribution in [-0.2, 0) is 13.0 Å². The van der Waals surface area contributed by atoms with Crippen LogP contribution in [0.4, 0.5) is 0 Å². The summed E-state index contributed by atoms with van der Waals surface area (Å²) in [6.45, 7) is 0.439. The quantitative estimate of drug-likeness (QED) is 0.517. The molecule has 0 unspecified atom stereocenters. The van der Waals surface area contributed by atoms with Gasteiger partial charge in [0.1, 0.15) is 12.4 Å². The van der Waals surface area contributed by atoms with Crippen molar-refractivity contribution in [2.24, 2.45) is 0 Å². The number of aromatic amines is 1. The molecule has 0 aliphatic rings. The van der Waals surface area contributed by atoms with Crippen molar-refractivity contribution in [3.05, 3.63) is 86.8 Å². The number of rotatable bonds is 6. The Morgan fingerprint density at radius 3 is 2.72 bits per heavy atom. The Kier molecular flexibility index (Phi) is 5.79. The number of nitrogens with zero attached hydrogens (tertiary/aromatic N) is 1. The van der Waals surface area contributed by atoms with Crippen LogP contribution in [0.25, 0.3) is 0 Å². The molecule has 0 amide bonds. The zero-order valence-electron chi connectivity index (χ0n) is 13.7. The highest BCUT2D eigenvalue weighted by Gasteiger charge is 2.05. The Labute approximate surface area is 155 Å². The first kappa shape index (κ1) is 17.6. The summed E-state index contributed by atoms with van der Waals surface area (Å²) in [7, 11) is 0. The van der Waals surface area contributed by atoms with Gasteiger partial charge in [-0.3, -0.25) is 4.79 Å². The van der Waals surface area contributed by atoms with Crippen molar-refractivity contribution < 1.29 is 4.74 Å².